The van der Waals surface area contributed by atoms with Crippen LogP contribution in [0.2, 0.25) is 0 Å². The first-order valence-corrected chi connectivity index (χ1v) is 8.39. The molecular weight excluding hydrogens is 260 g/mol. The number of hydrogen-bond donors (Lipinski definition) is 0. The van der Waals surface area contributed by atoms with Crippen LogP contribution in [-0.4, -0.2) is 50.8 Å². The fourth-order valence-electron chi connectivity index (χ4n) is 3.47. The number of rotatable bonds is 4. The molecule has 3 rings (SSSR count). The number of aryl methyl sites for hydroxylation is 2. The molecule has 0 radical (unpaired) electrons. The second-order valence-electron chi connectivity index (χ2n) is 6.52. The Balaban J connectivity index is 1.54. The van der Waals surface area contributed by atoms with Crippen molar-refractivity contribution < 1.29 is 4.74 Å². The highest BCUT2D eigenvalue weighted by Gasteiger charge is 2.19. The minimum Gasteiger partial charge on any atom is -0.379 e. The van der Waals surface area contributed by atoms with Crippen molar-refractivity contribution in [2.45, 2.75) is 38.6 Å². The second kappa shape index (κ2) is 6.80. The predicted octanol–water partition coefficient (Wildman–Crippen LogP) is 2.72. The smallest absolute Gasteiger partial charge is 0.0594 e. The average molecular weight is 288 g/mol. The first-order chi connectivity index (χ1) is 10.2. The summed E-state index contributed by atoms with van der Waals surface area (Å²) in [7, 11) is 2.22. The Morgan fingerprint density at radius 3 is 2.86 bits per heavy atom. The number of hydrogen-bond acceptors (Lipinski definition) is 3. The Hall–Kier alpha value is -1.06. The van der Waals surface area contributed by atoms with Gasteiger partial charge >= 0.3 is 0 Å². The first-order valence-electron chi connectivity index (χ1n) is 8.39. The van der Waals surface area contributed by atoms with Gasteiger partial charge in [-0.3, -0.25) is 4.90 Å². The summed E-state index contributed by atoms with van der Waals surface area (Å²) in [5.41, 5.74) is 4.48. The molecule has 0 spiro atoms. The molecule has 1 fully saturated rings. The molecule has 1 saturated heterocycles. The molecule has 0 aromatic heterocycles. The van der Waals surface area contributed by atoms with Crippen LogP contribution in [0.5, 0.6) is 0 Å². The van der Waals surface area contributed by atoms with Gasteiger partial charge in [0.15, 0.2) is 0 Å². The zero-order chi connectivity index (χ0) is 14.7. The molecule has 21 heavy (non-hydrogen) atoms. The number of ether oxygens (including phenoxy) is 1. The van der Waals surface area contributed by atoms with Crippen LogP contribution >= 0.6 is 0 Å². The van der Waals surface area contributed by atoms with Crippen LogP contribution < -0.4 is 4.90 Å². The van der Waals surface area contributed by atoms with Crippen molar-refractivity contribution in [1.29, 1.82) is 0 Å². The van der Waals surface area contributed by atoms with Gasteiger partial charge in [0.1, 0.15) is 0 Å². The molecule has 0 N–H and O–H groups in total. The van der Waals surface area contributed by atoms with E-state index in [1.807, 2.05) is 0 Å². The van der Waals surface area contributed by atoms with Crippen LogP contribution in [0.25, 0.3) is 0 Å². The maximum absolute atomic E-state index is 5.40. The number of benzene rings is 1. The maximum Gasteiger partial charge on any atom is 0.0594 e. The molecule has 1 aromatic rings. The van der Waals surface area contributed by atoms with Crippen LogP contribution in [0.4, 0.5) is 5.69 Å². The molecule has 1 atom stereocenters. The van der Waals surface area contributed by atoms with E-state index in [1.165, 1.54) is 43.5 Å². The number of nitrogens with zero attached hydrogens (tertiary/aromatic N) is 2. The molecule has 0 bridgehead atoms. The fraction of sp³-hybridized carbons (Fsp3) is 0.667. The van der Waals surface area contributed by atoms with Crippen LogP contribution in [0, 0.1) is 0 Å². The Kier molecular flexibility index (Phi) is 4.81. The van der Waals surface area contributed by atoms with E-state index >= 15 is 0 Å². The fourth-order valence-corrected chi connectivity index (χ4v) is 3.47. The largest absolute Gasteiger partial charge is 0.379 e. The molecule has 1 unspecified atom stereocenters. The summed E-state index contributed by atoms with van der Waals surface area (Å²) in [5, 5.41) is 0. The predicted molar refractivity (Wildman–Crippen MR) is 88.2 cm³/mol. The molecule has 2 aliphatic rings. The zero-order valence-electron chi connectivity index (χ0n) is 13.5. The summed E-state index contributed by atoms with van der Waals surface area (Å²) < 4.78 is 5.40. The summed E-state index contributed by atoms with van der Waals surface area (Å²) in [4.78, 5) is 4.95. The van der Waals surface area contributed by atoms with Crippen LogP contribution in [-0.2, 0) is 17.6 Å². The highest BCUT2D eigenvalue weighted by atomic mass is 16.5. The third kappa shape index (κ3) is 3.58. The van der Waals surface area contributed by atoms with E-state index in [1.54, 1.807) is 5.56 Å². The van der Waals surface area contributed by atoms with E-state index in [9.17, 15) is 0 Å². The summed E-state index contributed by atoms with van der Waals surface area (Å²) in [5.74, 6) is 0. The summed E-state index contributed by atoms with van der Waals surface area (Å²) in [6.45, 7) is 7.54. The highest BCUT2D eigenvalue weighted by Crippen LogP contribution is 2.30. The molecule has 2 heterocycles. The third-order valence-electron chi connectivity index (χ3n) is 5.06. The van der Waals surface area contributed by atoms with Gasteiger partial charge in [0.2, 0.25) is 0 Å². The lowest BCUT2D eigenvalue weighted by molar-refractivity contribution is 0.0375. The van der Waals surface area contributed by atoms with E-state index in [0.717, 1.165) is 26.3 Å². The van der Waals surface area contributed by atoms with Crippen molar-refractivity contribution in [2.75, 3.05) is 44.8 Å². The summed E-state index contributed by atoms with van der Waals surface area (Å²) >= 11 is 0. The minimum atomic E-state index is 0.671. The molecule has 2 aliphatic heterocycles. The molecule has 3 nitrogen and oxygen atoms in total. The Bertz CT molecular complexity index is 468. The van der Waals surface area contributed by atoms with Gasteiger partial charge in [-0.25, -0.2) is 0 Å². The molecule has 1 aromatic carbocycles. The van der Waals surface area contributed by atoms with E-state index in [-0.39, 0.29) is 0 Å². The van der Waals surface area contributed by atoms with Gasteiger partial charge in [-0.05, 0) is 56.3 Å². The van der Waals surface area contributed by atoms with Gasteiger partial charge in [0, 0.05) is 31.9 Å². The van der Waals surface area contributed by atoms with Gasteiger partial charge in [0.25, 0.3) is 0 Å². The van der Waals surface area contributed by atoms with Crippen molar-refractivity contribution in [3.63, 3.8) is 0 Å². The number of fused-ring (bicyclic) bond motifs is 1. The lowest BCUT2D eigenvalue weighted by Crippen LogP contribution is -2.37. The topological polar surface area (TPSA) is 15.7 Å². The quantitative estimate of drug-likeness (QED) is 0.847. The van der Waals surface area contributed by atoms with Gasteiger partial charge in [-0.2, -0.15) is 0 Å². The average Bonchev–Trinajstić information content (AvgIpc) is 2.52. The third-order valence-corrected chi connectivity index (χ3v) is 5.06. The van der Waals surface area contributed by atoms with Crippen LogP contribution in [0.1, 0.15) is 30.9 Å². The normalized spacial score (nSPS) is 23.1. The van der Waals surface area contributed by atoms with Crippen molar-refractivity contribution in [3.05, 3.63) is 29.3 Å². The van der Waals surface area contributed by atoms with Gasteiger partial charge in [-0.1, -0.05) is 12.1 Å². The van der Waals surface area contributed by atoms with Gasteiger partial charge in [-0.15, -0.1) is 0 Å². The highest BCUT2D eigenvalue weighted by molar-refractivity contribution is 5.57. The monoisotopic (exact) mass is 288 g/mol. The maximum atomic E-state index is 5.40. The molecule has 0 saturated carbocycles. The molecule has 0 amide bonds. The Labute approximate surface area is 128 Å². The molecule has 116 valence electrons. The van der Waals surface area contributed by atoms with Crippen molar-refractivity contribution in [1.82, 2.24) is 4.90 Å². The Morgan fingerprint density at radius 2 is 2.05 bits per heavy atom. The number of anilines is 1. The van der Waals surface area contributed by atoms with E-state index in [4.69, 9.17) is 4.74 Å². The minimum absolute atomic E-state index is 0.671. The lowest BCUT2D eigenvalue weighted by atomic mass is 9.94. The summed E-state index contributed by atoms with van der Waals surface area (Å²) in [6.07, 6.45) is 4.97. The SMILES string of the molecule is CC1CCc2cc(CCCN3CCOCC3)ccc2N1C. The van der Waals surface area contributed by atoms with Gasteiger partial charge in [0.05, 0.1) is 13.2 Å². The van der Waals surface area contributed by atoms with E-state index in [0.29, 0.717) is 6.04 Å². The lowest BCUT2D eigenvalue weighted by Gasteiger charge is -2.34. The molecular formula is C18H28N2O. The van der Waals surface area contributed by atoms with Gasteiger partial charge < -0.3 is 9.64 Å². The summed E-state index contributed by atoms with van der Waals surface area (Å²) in [6, 6.07) is 7.77. The van der Waals surface area contributed by atoms with Crippen molar-refractivity contribution in [3.8, 4) is 0 Å². The standard InChI is InChI=1S/C18H28N2O/c1-15-5-7-17-14-16(6-8-18(17)19(15)2)4-3-9-20-10-12-21-13-11-20/h6,8,14-15H,3-5,7,9-13H2,1-2H3. The van der Waals surface area contributed by atoms with Crippen LogP contribution in [0.15, 0.2) is 18.2 Å². The van der Waals surface area contributed by atoms with Crippen molar-refractivity contribution >= 4 is 5.69 Å². The van der Waals surface area contributed by atoms with E-state index in [2.05, 4.69) is 42.0 Å². The zero-order valence-corrected chi connectivity index (χ0v) is 13.5. The first kappa shape index (κ1) is 14.9. The second-order valence-corrected chi connectivity index (χ2v) is 6.52. The van der Waals surface area contributed by atoms with E-state index < -0.39 is 0 Å². The molecule has 0 aliphatic carbocycles. The van der Waals surface area contributed by atoms with Crippen molar-refractivity contribution in [2.24, 2.45) is 0 Å². The molecule has 3 heteroatoms. The van der Waals surface area contributed by atoms with Crippen LogP contribution in [0.3, 0.4) is 0 Å². The number of morpholine rings is 1. The Morgan fingerprint density at radius 1 is 1.24 bits per heavy atom.